The normalized spacial score (nSPS) is 11.2. The highest BCUT2D eigenvalue weighted by molar-refractivity contribution is 6.09. The molecular formula is C16H15N. The van der Waals surface area contributed by atoms with Gasteiger partial charge in [-0.1, -0.05) is 36.4 Å². The van der Waals surface area contributed by atoms with E-state index in [1.807, 2.05) is 12.1 Å². The molecule has 0 bridgehead atoms. The van der Waals surface area contributed by atoms with E-state index in [9.17, 15) is 0 Å². The molecule has 1 heteroatoms. The number of nitrogens with two attached hydrogens (primary N) is 1. The molecule has 0 saturated carbocycles. The number of hydrogen-bond donors (Lipinski definition) is 1. The van der Waals surface area contributed by atoms with E-state index in [0.29, 0.717) is 0 Å². The smallest absolute Gasteiger partial charge is 0.0396 e. The van der Waals surface area contributed by atoms with Crippen LogP contribution in [0.4, 0.5) is 5.69 Å². The van der Waals surface area contributed by atoms with Crippen molar-refractivity contribution in [2.45, 2.75) is 13.8 Å². The minimum absolute atomic E-state index is 0.869. The molecule has 0 fully saturated rings. The minimum atomic E-state index is 0.869. The molecule has 0 aromatic heterocycles. The summed E-state index contributed by atoms with van der Waals surface area (Å²) in [5.41, 5.74) is 9.58. The summed E-state index contributed by atoms with van der Waals surface area (Å²) in [6.07, 6.45) is 0. The van der Waals surface area contributed by atoms with Gasteiger partial charge in [-0.15, -0.1) is 0 Å². The zero-order chi connectivity index (χ0) is 12.0. The molecule has 0 aliphatic rings. The fourth-order valence-corrected chi connectivity index (χ4v) is 2.72. The van der Waals surface area contributed by atoms with Crippen molar-refractivity contribution in [1.82, 2.24) is 0 Å². The molecular weight excluding hydrogens is 206 g/mol. The maximum absolute atomic E-state index is 6.12. The molecule has 0 spiro atoms. The van der Waals surface area contributed by atoms with E-state index in [1.165, 1.54) is 32.7 Å². The molecule has 0 aliphatic carbocycles. The first-order valence-electron chi connectivity index (χ1n) is 5.86. The van der Waals surface area contributed by atoms with Crippen molar-refractivity contribution in [2.24, 2.45) is 0 Å². The number of benzene rings is 3. The number of fused-ring (bicyclic) bond motifs is 2. The Morgan fingerprint density at radius 3 is 2.00 bits per heavy atom. The lowest BCUT2D eigenvalue weighted by molar-refractivity contribution is 1.52. The Morgan fingerprint density at radius 2 is 1.29 bits per heavy atom. The van der Waals surface area contributed by atoms with Crippen LogP contribution < -0.4 is 5.73 Å². The van der Waals surface area contributed by atoms with E-state index in [1.54, 1.807) is 0 Å². The van der Waals surface area contributed by atoms with Gasteiger partial charge in [0.15, 0.2) is 0 Å². The Balaban J connectivity index is 2.69. The van der Waals surface area contributed by atoms with Crippen LogP contribution in [0, 0.1) is 13.8 Å². The Kier molecular flexibility index (Phi) is 2.08. The van der Waals surface area contributed by atoms with Gasteiger partial charge in [0.2, 0.25) is 0 Å². The molecule has 0 atom stereocenters. The van der Waals surface area contributed by atoms with Crippen molar-refractivity contribution in [3.63, 3.8) is 0 Å². The van der Waals surface area contributed by atoms with Crippen LogP contribution in [0.3, 0.4) is 0 Å². The largest absolute Gasteiger partial charge is 0.398 e. The molecule has 0 aliphatic heterocycles. The number of hydrogen-bond acceptors (Lipinski definition) is 1. The van der Waals surface area contributed by atoms with Crippen LogP contribution in [0.15, 0.2) is 42.5 Å². The molecule has 1 nitrogen and oxygen atoms in total. The van der Waals surface area contributed by atoms with Crippen LogP contribution in [0.2, 0.25) is 0 Å². The van der Waals surface area contributed by atoms with Gasteiger partial charge in [0.1, 0.15) is 0 Å². The average Bonchev–Trinajstić information content (AvgIpc) is 2.36. The van der Waals surface area contributed by atoms with E-state index < -0.39 is 0 Å². The molecule has 0 radical (unpaired) electrons. The molecule has 0 unspecified atom stereocenters. The highest BCUT2D eigenvalue weighted by atomic mass is 14.6. The maximum atomic E-state index is 6.12. The van der Waals surface area contributed by atoms with Crippen molar-refractivity contribution in [1.29, 1.82) is 0 Å². The summed E-state index contributed by atoms with van der Waals surface area (Å²) in [4.78, 5) is 0. The first-order valence-corrected chi connectivity index (χ1v) is 5.86. The van der Waals surface area contributed by atoms with Crippen molar-refractivity contribution in [2.75, 3.05) is 5.73 Å². The topological polar surface area (TPSA) is 26.0 Å². The quantitative estimate of drug-likeness (QED) is 0.447. The summed E-state index contributed by atoms with van der Waals surface area (Å²) in [6.45, 7) is 4.32. The fraction of sp³-hybridized carbons (Fsp3) is 0.125. The SMILES string of the molecule is Cc1c2ccccc2c(C)c2c(N)cccc12. The molecule has 84 valence electrons. The van der Waals surface area contributed by atoms with E-state index in [4.69, 9.17) is 5.73 Å². The highest BCUT2D eigenvalue weighted by Gasteiger charge is 2.09. The molecule has 3 rings (SSSR count). The first-order chi connectivity index (χ1) is 8.20. The predicted molar refractivity (Wildman–Crippen MR) is 75.3 cm³/mol. The molecule has 0 heterocycles. The van der Waals surface area contributed by atoms with Crippen LogP contribution in [0.1, 0.15) is 11.1 Å². The lowest BCUT2D eigenvalue weighted by atomic mass is 9.92. The second-order valence-corrected chi connectivity index (χ2v) is 4.57. The lowest BCUT2D eigenvalue weighted by Crippen LogP contribution is -1.93. The molecule has 0 saturated heterocycles. The third-order valence-electron chi connectivity index (χ3n) is 3.61. The second kappa shape index (κ2) is 3.49. The fourth-order valence-electron chi connectivity index (χ4n) is 2.72. The van der Waals surface area contributed by atoms with Gasteiger partial charge in [0, 0.05) is 11.1 Å². The van der Waals surface area contributed by atoms with E-state index in [-0.39, 0.29) is 0 Å². The van der Waals surface area contributed by atoms with Gasteiger partial charge in [0.05, 0.1) is 0 Å². The molecule has 17 heavy (non-hydrogen) atoms. The van der Waals surface area contributed by atoms with Crippen LogP contribution in [-0.2, 0) is 0 Å². The van der Waals surface area contributed by atoms with Crippen LogP contribution in [0.25, 0.3) is 21.5 Å². The van der Waals surface area contributed by atoms with Crippen molar-refractivity contribution < 1.29 is 0 Å². The maximum Gasteiger partial charge on any atom is 0.0396 e. The van der Waals surface area contributed by atoms with Crippen molar-refractivity contribution in [3.05, 3.63) is 53.6 Å². The Morgan fingerprint density at radius 1 is 0.706 bits per heavy atom. The van der Waals surface area contributed by atoms with E-state index in [0.717, 1.165) is 5.69 Å². The van der Waals surface area contributed by atoms with Crippen LogP contribution in [0.5, 0.6) is 0 Å². The van der Waals surface area contributed by atoms with Crippen LogP contribution >= 0.6 is 0 Å². The number of anilines is 1. The summed E-state index contributed by atoms with van der Waals surface area (Å²) in [6, 6.07) is 14.7. The van der Waals surface area contributed by atoms with Crippen molar-refractivity contribution >= 4 is 27.2 Å². The van der Waals surface area contributed by atoms with E-state index in [2.05, 4.69) is 44.2 Å². The van der Waals surface area contributed by atoms with Gasteiger partial charge in [0.25, 0.3) is 0 Å². The summed E-state index contributed by atoms with van der Waals surface area (Å²) in [5.74, 6) is 0. The summed E-state index contributed by atoms with van der Waals surface area (Å²) >= 11 is 0. The molecule has 0 amide bonds. The van der Waals surface area contributed by atoms with Crippen molar-refractivity contribution in [3.8, 4) is 0 Å². The van der Waals surface area contributed by atoms with Gasteiger partial charge in [-0.3, -0.25) is 0 Å². The van der Waals surface area contributed by atoms with Crippen LogP contribution in [-0.4, -0.2) is 0 Å². The summed E-state index contributed by atoms with van der Waals surface area (Å²) < 4.78 is 0. The summed E-state index contributed by atoms with van der Waals surface area (Å²) in [5, 5.41) is 5.09. The molecule has 3 aromatic carbocycles. The minimum Gasteiger partial charge on any atom is -0.398 e. The predicted octanol–water partition coefficient (Wildman–Crippen LogP) is 4.19. The van der Waals surface area contributed by atoms with Gasteiger partial charge in [-0.05, 0) is 47.2 Å². The zero-order valence-corrected chi connectivity index (χ0v) is 10.1. The molecule has 3 aromatic rings. The van der Waals surface area contributed by atoms with Gasteiger partial charge in [-0.25, -0.2) is 0 Å². The van der Waals surface area contributed by atoms with Gasteiger partial charge in [-0.2, -0.15) is 0 Å². The number of rotatable bonds is 0. The Hall–Kier alpha value is -2.02. The molecule has 2 N–H and O–H groups in total. The third kappa shape index (κ3) is 1.32. The standard InChI is InChI=1S/C16H15N/c1-10-12-6-3-4-7-13(12)11(2)16-14(10)8-5-9-15(16)17/h3-9H,17H2,1-2H3. The average molecular weight is 221 g/mol. The zero-order valence-electron chi connectivity index (χ0n) is 10.1. The Bertz CT molecular complexity index is 726. The highest BCUT2D eigenvalue weighted by Crippen LogP contribution is 2.34. The lowest BCUT2D eigenvalue weighted by Gasteiger charge is -2.13. The van der Waals surface area contributed by atoms with Gasteiger partial charge >= 0.3 is 0 Å². The summed E-state index contributed by atoms with van der Waals surface area (Å²) in [7, 11) is 0. The van der Waals surface area contributed by atoms with Gasteiger partial charge < -0.3 is 5.73 Å². The monoisotopic (exact) mass is 221 g/mol. The first kappa shape index (κ1) is 10.2. The third-order valence-corrected chi connectivity index (χ3v) is 3.61. The second-order valence-electron chi connectivity index (χ2n) is 4.57. The number of aryl methyl sites for hydroxylation is 2. The Labute approximate surface area is 101 Å². The van der Waals surface area contributed by atoms with E-state index >= 15 is 0 Å². The number of nitrogen functional groups attached to an aromatic ring is 1.